The van der Waals surface area contributed by atoms with Crippen LogP contribution in [0.5, 0.6) is 0 Å². The van der Waals surface area contributed by atoms with Crippen LogP contribution in [-0.4, -0.2) is 110 Å². The maximum Gasteiger partial charge on any atom is 0.325 e. The van der Waals surface area contributed by atoms with Crippen LogP contribution in [0.25, 0.3) is 22.2 Å². The van der Waals surface area contributed by atoms with Crippen LogP contribution < -0.4 is 11.1 Å². The SMILES string of the molecule is [B]P1(=O)OC[C@H]2O[C@@H](n3cnc4c(N)ncnc43)C(F)[C@H]2OP(O)(=S)OC[C@H]2O[C@@H](n3nc4c5c(ccnc53)NC(=O)CC4)[C@@H](OC)C2O1. The topological polar surface area (TPSA) is 231 Å². The van der Waals surface area contributed by atoms with Gasteiger partial charge in [-0.15, -0.1) is 0 Å². The first-order valence-electron chi connectivity index (χ1n) is 14.9. The molecule has 3 fully saturated rings. The molecule has 1 amide bonds. The van der Waals surface area contributed by atoms with Crippen LogP contribution in [-0.2, 0) is 59.9 Å². The monoisotopic (exact) mass is 737 g/mol. The summed E-state index contributed by atoms with van der Waals surface area (Å²) in [5.41, 5.74) is 7.75. The van der Waals surface area contributed by atoms with Crippen molar-refractivity contribution in [2.24, 2.45) is 0 Å². The summed E-state index contributed by atoms with van der Waals surface area (Å²) in [4.78, 5) is 40.0. The molecule has 0 aliphatic carbocycles. The standard InChI is InChI=1S/C25H27BFN9O10P2S/c1-40-20-19-13(44-25(20)36-22-15-10(4-5-29-22)33-14(37)3-2-11(15)34-36)7-42-48(39,49)46-18-12(6-41-47(26,38)45-19)43-24(16(18)27)35-9-32-17-21(28)30-8-31-23(17)35/h4-5,8-9,12-13,16,18-20,24-25H,2-3,6-7H2,1H3,(H,33,37)(H,39,49)(H2,28,30,31)/t12-,13-,16?,18+,19?,20+,24-,25-,47?,48?/m1/s1. The third-order valence-corrected chi connectivity index (χ3v) is 11.2. The summed E-state index contributed by atoms with van der Waals surface area (Å²) in [7, 11) is 2.97. The van der Waals surface area contributed by atoms with Crippen LogP contribution >= 0.6 is 14.2 Å². The number of pyridine rings is 1. The molecule has 4 aliphatic heterocycles. The fraction of sp³-hybridized carbons (Fsp3) is 0.520. The molecule has 0 spiro atoms. The number of ether oxygens (including phenoxy) is 3. The van der Waals surface area contributed by atoms with Crippen molar-refractivity contribution in [1.29, 1.82) is 0 Å². The maximum atomic E-state index is 16.1. The molecular formula is C25H27BFN9O10P2S. The molecule has 10 atom stereocenters. The number of nitrogen functional groups attached to an aromatic ring is 1. The molecule has 2 radical (unpaired) electrons. The van der Waals surface area contributed by atoms with Gasteiger partial charge in [0.25, 0.3) is 7.47 Å². The lowest BCUT2D eigenvalue weighted by atomic mass is 10.1. The second-order valence-corrected chi connectivity index (χ2v) is 15.9. The van der Waals surface area contributed by atoms with E-state index in [9.17, 15) is 14.3 Å². The van der Waals surface area contributed by atoms with Gasteiger partial charge in [-0.3, -0.25) is 18.5 Å². The number of aromatic nitrogens is 7. The molecule has 0 aromatic carbocycles. The highest BCUT2D eigenvalue weighted by atomic mass is 32.5. The molecule has 0 bridgehead atoms. The third kappa shape index (κ3) is 5.87. The summed E-state index contributed by atoms with van der Waals surface area (Å²) in [6.07, 6.45) is -6.27. The number of nitrogens with two attached hydrogens (primary N) is 1. The van der Waals surface area contributed by atoms with Gasteiger partial charge in [-0.1, -0.05) is 0 Å². The Balaban J connectivity index is 1.09. The molecule has 8 rings (SSSR count). The highest BCUT2D eigenvalue weighted by molar-refractivity contribution is 8.07. The van der Waals surface area contributed by atoms with Crippen LogP contribution in [0.2, 0.25) is 0 Å². The Hall–Kier alpha value is -3.01. The zero-order chi connectivity index (χ0) is 34.2. The Morgan fingerprint density at radius 1 is 1.10 bits per heavy atom. The molecule has 19 nitrogen and oxygen atoms in total. The largest absolute Gasteiger partial charge is 0.382 e. The zero-order valence-electron chi connectivity index (χ0n) is 25.3. The highest BCUT2D eigenvalue weighted by Gasteiger charge is 2.54. The van der Waals surface area contributed by atoms with Crippen molar-refractivity contribution in [1.82, 2.24) is 34.3 Å². The fourth-order valence-electron chi connectivity index (χ4n) is 6.42. The molecule has 24 heteroatoms. The Bertz CT molecular complexity index is 2060. The molecule has 4 unspecified atom stereocenters. The van der Waals surface area contributed by atoms with Crippen LogP contribution in [0.3, 0.4) is 0 Å². The number of alkyl halides is 1. The van der Waals surface area contributed by atoms with Crippen LogP contribution in [0.15, 0.2) is 24.9 Å². The Kier molecular flexibility index (Phi) is 8.35. The van der Waals surface area contributed by atoms with Crippen LogP contribution in [0.1, 0.15) is 24.6 Å². The molecule has 4 N–H and O–H groups in total. The number of hydrogen-bond donors (Lipinski definition) is 3. The molecule has 4 aromatic heterocycles. The van der Waals surface area contributed by atoms with Gasteiger partial charge in [-0.05, 0) is 17.9 Å². The van der Waals surface area contributed by atoms with Crippen molar-refractivity contribution in [3.8, 4) is 0 Å². The number of methoxy groups -OCH3 is 1. The number of carbonyl (C=O) groups is 1. The van der Waals surface area contributed by atoms with E-state index < -0.39 is 76.6 Å². The molecule has 8 heterocycles. The molecule has 49 heavy (non-hydrogen) atoms. The van der Waals surface area contributed by atoms with Gasteiger partial charge < -0.3 is 43.7 Å². The first-order valence-corrected chi connectivity index (χ1v) is 19.1. The van der Waals surface area contributed by atoms with Gasteiger partial charge in [0, 0.05) is 26.1 Å². The number of carbonyl (C=O) groups excluding carboxylic acids is 1. The number of nitrogens with one attached hydrogen (secondary N) is 1. The second kappa shape index (κ2) is 12.3. The summed E-state index contributed by atoms with van der Waals surface area (Å²) in [5, 5.41) is 8.16. The number of halogens is 1. The van der Waals surface area contributed by atoms with E-state index in [-0.39, 0.29) is 29.3 Å². The number of hydrogen-bond acceptors (Lipinski definition) is 16. The smallest absolute Gasteiger partial charge is 0.325 e. The predicted molar refractivity (Wildman–Crippen MR) is 169 cm³/mol. The van der Waals surface area contributed by atoms with Crippen molar-refractivity contribution in [2.45, 2.75) is 62.0 Å². The van der Waals surface area contributed by atoms with E-state index in [1.54, 1.807) is 6.07 Å². The second-order valence-electron chi connectivity index (χ2n) is 11.6. The van der Waals surface area contributed by atoms with Gasteiger partial charge in [0.2, 0.25) is 13.5 Å². The van der Waals surface area contributed by atoms with E-state index in [1.165, 1.54) is 35.2 Å². The summed E-state index contributed by atoms with van der Waals surface area (Å²) >= 11 is 5.28. The van der Waals surface area contributed by atoms with E-state index in [0.29, 0.717) is 28.8 Å². The molecular weight excluding hydrogens is 710 g/mol. The van der Waals surface area contributed by atoms with Gasteiger partial charge in [0.05, 0.1) is 36.3 Å². The van der Waals surface area contributed by atoms with Crippen molar-refractivity contribution < 1.29 is 50.9 Å². The van der Waals surface area contributed by atoms with Crippen LogP contribution in [0.4, 0.5) is 15.9 Å². The lowest BCUT2D eigenvalue weighted by Gasteiger charge is -2.30. The van der Waals surface area contributed by atoms with Crippen LogP contribution in [0, 0.1) is 0 Å². The van der Waals surface area contributed by atoms with Gasteiger partial charge >= 0.3 is 6.72 Å². The quantitative estimate of drug-likeness (QED) is 0.198. The summed E-state index contributed by atoms with van der Waals surface area (Å²) in [5.74, 6) is -0.0929. The van der Waals surface area contributed by atoms with E-state index in [4.69, 9.17) is 62.5 Å². The molecule has 258 valence electrons. The van der Waals surface area contributed by atoms with Gasteiger partial charge in [0.15, 0.2) is 35.7 Å². The third-order valence-electron chi connectivity index (χ3n) is 8.60. The molecule has 4 aliphatic rings. The number of nitrogens with zero attached hydrogens (tertiary/aromatic N) is 7. The first-order chi connectivity index (χ1) is 23.4. The normalized spacial score (nSPS) is 36.8. The number of anilines is 2. The van der Waals surface area contributed by atoms with Crippen molar-refractivity contribution in [3.05, 3.63) is 30.6 Å². The zero-order valence-corrected chi connectivity index (χ0v) is 27.9. The van der Waals surface area contributed by atoms with Gasteiger partial charge in [0.1, 0.15) is 42.4 Å². The summed E-state index contributed by atoms with van der Waals surface area (Å²) < 4.78 is 73.2. The highest BCUT2D eigenvalue weighted by Crippen LogP contribution is 2.54. The summed E-state index contributed by atoms with van der Waals surface area (Å²) in [6.45, 7) is -5.32. The summed E-state index contributed by atoms with van der Waals surface area (Å²) in [6, 6.07) is 1.66. The van der Waals surface area contributed by atoms with Crippen molar-refractivity contribution in [2.75, 3.05) is 31.4 Å². The van der Waals surface area contributed by atoms with E-state index >= 15 is 4.39 Å². The number of imidazole rings is 1. The Morgan fingerprint density at radius 3 is 2.69 bits per heavy atom. The predicted octanol–water partition coefficient (Wildman–Crippen LogP) is 1.20. The molecule has 3 saturated heterocycles. The maximum absolute atomic E-state index is 16.1. The molecule has 4 aromatic rings. The van der Waals surface area contributed by atoms with Crippen molar-refractivity contribution >= 4 is 73.2 Å². The average molecular weight is 737 g/mol. The number of fused-ring (bicyclic) bond motifs is 3. The fourth-order valence-corrected chi connectivity index (χ4v) is 8.87. The minimum absolute atomic E-state index is 0.0675. The van der Waals surface area contributed by atoms with Crippen molar-refractivity contribution in [3.63, 3.8) is 0 Å². The van der Waals surface area contributed by atoms with E-state index in [1.807, 2.05) is 0 Å². The van der Waals surface area contributed by atoms with Gasteiger partial charge in [-0.25, -0.2) is 29.0 Å². The number of aryl methyl sites for hydroxylation is 1. The Labute approximate surface area is 282 Å². The van der Waals surface area contributed by atoms with E-state index in [0.717, 1.165) is 0 Å². The first kappa shape index (κ1) is 33.2. The lowest BCUT2D eigenvalue weighted by Crippen LogP contribution is -2.39. The minimum Gasteiger partial charge on any atom is -0.382 e. The number of rotatable bonds is 3. The van der Waals surface area contributed by atoms with Gasteiger partial charge in [-0.2, -0.15) is 5.10 Å². The minimum atomic E-state index is -4.46. The lowest BCUT2D eigenvalue weighted by molar-refractivity contribution is -0.116. The molecule has 0 saturated carbocycles. The number of amides is 1. The van der Waals surface area contributed by atoms with E-state index in [2.05, 4.69) is 25.3 Å². The Morgan fingerprint density at radius 2 is 1.88 bits per heavy atom. The average Bonchev–Trinajstić information content (AvgIpc) is 3.78.